The van der Waals surface area contributed by atoms with E-state index in [9.17, 15) is 18.0 Å². The van der Waals surface area contributed by atoms with Gasteiger partial charge in [0.2, 0.25) is 11.8 Å². The summed E-state index contributed by atoms with van der Waals surface area (Å²) in [6, 6.07) is -0.274. The minimum Gasteiger partial charge on any atom is -0.342 e. The topological polar surface area (TPSA) is 74.8 Å². The van der Waals surface area contributed by atoms with E-state index in [1.165, 1.54) is 4.90 Å². The minimum atomic E-state index is -3.01. The average molecular weight is 288 g/mol. The molecular weight excluding hydrogens is 268 g/mol. The summed E-state index contributed by atoms with van der Waals surface area (Å²) in [5.41, 5.74) is 0. The third-order valence-corrected chi connectivity index (χ3v) is 5.66. The van der Waals surface area contributed by atoms with Gasteiger partial charge in [0.25, 0.3) is 0 Å². The quantitative estimate of drug-likeness (QED) is 0.665. The molecule has 0 aromatic rings. The van der Waals surface area contributed by atoms with Gasteiger partial charge < -0.3 is 9.80 Å². The molecule has 0 aliphatic carbocycles. The van der Waals surface area contributed by atoms with Crippen LogP contribution >= 0.6 is 0 Å². The molecule has 2 amide bonds. The van der Waals surface area contributed by atoms with Gasteiger partial charge in [0.1, 0.15) is 6.42 Å². The number of amides is 2. The zero-order chi connectivity index (χ0) is 14.0. The summed E-state index contributed by atoms with van der Waals surface area (Å²) in [5.74, 6) is -0.267. The van der Waals surface area contributed by atoms with Gasteiger partial charge in [-0.1, -0.05) is 0 Å². The molecule has 19 heavy (non-hydrogen) atoms. The maximum atomic E-state index is 12.0. The van der Waals surface area contributed by atoms with Gasteiger partial charge >= 0.3 is 0 Å². The van der Waals surface area contributed by atoms with Crippen molar-refractivity contribution >= 4 is 21.7 Å². The van der Waals surface area contributed by atoms with Crippen LogP contribution < -0.4 is 0 Å². The lowest BCUT2D eigenvalue weighted by molar-refractivity contribution is -0.140. The predicted octanol–water partition coefficient (Wildman–Crippen LogP) is -0.356. The monoisotopic (exact) mass is 288 g/mol. The number of hydrogen-bond donors (Lipinski definition) is 0. The van der Waals surface area contributed by atoms with E-state index in [-0.39, 0.29) is 35.8 Å². The Kier molecular flexibility index (Phi) is 4.13. The molecule has 2 heterocycles. The van der Waals surface area contributed by atoms with Crippen LogP contribution in [0.3, 0.4) is 0 Å². The average Bonchev–Trinajstić information content (AvgIpc) is 2.96. The fourth-order valence-corrected chi connectivity index (χ4v) is 4.39. The fraction of sp³-hybridized carbons (Fsp3) is 0.833. The van der Waals surface area contributed by atoms with Crippen LogP contribution in [-0.2, 0) is 19.4 Å². The van der Waals surface area contributed by atoms with Gasteiger partial charge in [-0.2, -0.15) is 0 Å². The first-order valence-electron chi connectivity index (χ1n) is 6.63. The molecule has 1 atom stereocenters. The molecule has 2 aliphatic heterocycles. The Morgan fingerprint density at radius 3 is 2.42 bits per heavy atom. The number of nitrogens with zero attached hydrogens (tertiary/aromatic N) is 2. The standard InChI is InChI=1S/C12H20N2O4S/c1-13(10-4-7-19(17,18)9-10)11(15)8-12(16)14-5-2-3-6-14/h10H,2-9H2,1H3. The van der Waals surface area contributed by atoms with E-state index >= 15 is 0 Å². The van der Waals surface area contributed by atoms with Crippen molar-refractivity contribution in [2.45, 2.75) is 31.7 Å². The Labute approximate surface area is 113 Å². The van der Waals surface area contributed by atoms with Crippen molar-refractivity contribution in [1.29, 1.82) is 0 Å². The van der Waals surface area contributed by atoms with Crippen LogP contribution in [0, 0.1) is 0 Å². The molecular formula is C12H20N2O4S. The Bertz CT molecular complexity index is 468. The van der Waals surface area contributed by atoms with Crippen LogP contribution in [-0.4, -0.2) is 67.7 Å². The van der Waals surface area contributed by atoms with Crippen molar-refractivity contribution in [3.8, 4) is 0 Å². The van der Waals surface area contributed by atoms with Crippen molar-refractivity contribution in [3.63, 3.8) is 0 Å². The second kappa shape index (κ2) is 5.48. The number of likely N-dealkylation sites (tertiary alicyclic amines) is 1. The number of rotatable bonds is 3. The first kappa shape index (κ1) is 14.3. The molecule has 0 N–H and O–H groups in total. The Balaban J connectivity index is 1.87. The Morgan fingerprint density at radius 1 is 1.26 bits per heavy atom. The molecule has 6 nitrogen and oxygen atoms in total. The Morgan fingerprint density at radius 2 is 1.89 bits per heavy atom. The fourth-order valence-electron chi connectivity index (χ4n) is 2.62. The summed E-state index contributed by atoms with van der Waals surface area (Å²) in [6.45, 7) is 1.46. The van der Waals surface area contributed by atoms with Crippen LogP contribution in [0.5, 0.6) is 0 Å². The maximum absolute atomic E-state index is 12.0. The highest BCUT2D eigenvalue weighted by atomic mass is 32.2. The molecule has 0 aromatic heterocycles. The minimum absolute atomic E-state index is 0.0210. The van der Waals surface area contributed by atoms with E-state index in [0.29, 0.717) is 6.42 Å². The van der Waals surface area contributed by atoms with Crippen LogP contribution in [0.15, 0.2) is 0 Å². The zero-order valence-corrected chi connectivity index (χ0v) is 12.0. The van der Waals surface area contributed by atoms with Crippen molar-refractivity contribution in [2.75, 3.05) is 31.6 Å². The van der Waals surface area contributed by atoms with Gasteiger partial charge in [0.05, 0.1) is 11.5 Å². The van der Waals surface area contributed by atoms with Crippen molar-refractivity contribution in [3.05, 3.63) is 0 Å². The van der Waals surface area contributed by atoms with E-state index in [4.69, 9.17) is 0 Å². The largest absolute Gasteiger partial charge is 0.342 e. The molecule has 108 valence electrons. The lowest BCUT2D eigenvalue weighted by Gasteiger charge is -2.24. The lowest BCUT2D eigenvalue weighted by Crippen LogP contribution is -2.41. The van der Waals surface area contributed by atoms with E-state index in [1.54, 1.807) is 11.9 Å². The summed E-state index contributed by atoms with van der Waals surface area (Å²) < 4.78 is 22.8. The van der Waals surface area contributed by atoms with E-state index < -0.39 is 9.84 Å². The first-order valence-corrected chi connectivity index (χ1v) is 8.45. The lowest BCUT2D eigenvalue weighted by atomic mass is 10.2. The SMILES string of the molecule is CN(C(=O)CC(=O)N1CCCC1)C1CCS(=O)(=O)C1. The highest BCUT2D eigenvalue weighted by molar-refractivity contribution is 7.91. The molecule has 2 rings (SSSR count). The van der Waals surface area contributed by atoms with Gasteiger partial charge in [-0.15, -0.1) is 0 Å². The summed E-state index contributed by atoms with van der Waals surface area (Å²) in [5, 5.41) is 0. The van der Waals surface area contributed by atoms with Crippen LogP contribution in [0.4, 0.5) is 0 Å². The second-order valence-electron chi connectivity index (χ2n) is 5.33. The van der Waals surface area contributed by atoms with Gasteiger partial charge in [-0.3, -0.25) is 9.59 Å². The van der Waals surface area contributed by atoms with Crippen molar-refractivity contribution in [1.82, 2.24) is 9.80 Å². The summed E-state index contributed by atoms with van der Waals surface area (Å²) in [6.07, 6.45) is 2.32. The Hall–Kier alpha value is -1.11. The molecule has 7 heteroatoms. The van der Waals surface area contributed by atoms with E-state index in [0.717, 1.165) is 25.9 Å². The summed E-state index contributed by atoms with van der Waals surface area (Å²) >= 11 is 0. The van der Waals surface area contributed by atoms with Gasteiger partial charge in [-0.05, 0) is 19.3 Å². The molecule has 1 unspecified atom stereocenters. The van der Waals surface area contributed by atoms with E-state index in [1.807, 2.05) is 0 Å². The van der Waals surface area contributed by atoms with Gasteiger partial charge in [-0.25, -0.2) is 8.42 Å². The third kappa shape index (κ3) is 3.46. The van der Waals surface area contributed by atoms with Crippen LogP contribution in [0.25, 0.3) is 0 Å². The molecule has 0 spiro atoms. The smallest absolute Gasteiger partial charge is 0.232 e. The number of carbonyl (C=O) groups excluding carboxylic acids is 2. The molecule has 0 bridgehead atoms. The zero-order valence-electron chi connectivity index (χ0n) is 11.2. The predicted molar refractivity (Wildman–Crippen MR) is 70.3 cm³/mol. The summed E-state index contributed by atoms with van der Waals surface area (Å²) in [4.78, 5) is 27.0. The van der Waals surface area contributed by atoms with Crippen LogP contribution in [0.1, 0.15) is 25.7 Å². The molecule has 0 radical (unpaired) electrons. The van der Waals surface area contributed by atoms with Crippen molar-refractivity contribution in [2.24, 2.45) is 0 Å². The molecule has 0 aromatic carbocycles. The third-order valence-electron chi connectivity index (χ3n) is 3.91. The first-order chi connectivity index (χ1) is 8.89. The van der Waals surface area contributed by atoms with Crippen LogP contribution in [0.2, 0.25) is 0 Å². The molecule has 2 aliphatic rings. The number of hydrogen-bond acceptors (Lipinski definition) is 4. The summed E-state index contributed by atoms with van der Waals surface area (Å²) in [7, 11) is -1.42. The number of sulfone groups is 1. The van der Waals surface area contributed by atoms with Crippen molar-refractivity contribution < 1.29 is 18.0 Å². The maximum Gasteiger partial charge on any atom is 0.232 e. The number of carbonyl (C=O) groups is 2. The normalized spacial score (nSPS) is 25.5. The molecule has 0 saturated carbocycles. The van der Waals surface area contributed by atoms with E-state index in [2.05, 4.69) is 0 Å². The van der Waals surface area contributed by atoms with Gasteiger partial charge in [0.15, 0.2) is 9.84 Å². The highest BCUT2D eigenvalue weighted by Gasteiger charge is 2.33. The molecule has 2 fully saturated rings. The highest BCUT2D eigenvalue weighted by Crippen LogP contribution is 2.18. The van der Waals surface area contributed by atoms with Gasteiger partial charge in [0, 0.05) is 26.2 Å². The molecule has 2 saturated heterocycles. The second-order valence-corrected chi connectivity index (χ2v) is 7.55.